The van der Waals surface area contributed by atoms with Crippen molar-refractivity contribution in [2.45, 2.75) is 65.8 Å². The maximum absolute atomic E-state index is 12.4. The largest absolute Gasteiger partial charge is 0.399 e. The van der Waals surface area contributed by atoms with E-state index in [1.807, 2.05) is 69.0 Å². The van der Waals surface area contributed by atoms with Crippen molar-refractivity contribution >= 4 is 40.9 Å². The Morgan fingerprint density at radius 3 is 1.83 bits per heavy atom. The lowest BCUT2D eigenvalue weighted by molar-refractivity contribution is -0.128. The highest BCUT2D eigenvalue weighted by Gasteiger charge is 2.19. The van der Waals surface area contributed by atoms with Crippen molar-refractivity contribution in [2.24, 2.45) is 5.73 Å². The Hall–Kier alpha value is -4.65. The Morgan fingerprint density at radius 2 is 1.27 bits per heavy atom. The molecule has 0 saturated heterocycles. The number of anilines is 2. The average molecular weight is 829 g/mol. The summed E-state index contributed by atoms with van der Waals surface area (Å²) in [5, 5.41) is 14.2. The Morgan fingerprint density at radius 1 is 0.695 bits per heavy atom. The zero-order chi connectivity index (χ0) is 43.3. The normalized spacial score (nSPS) is 11.6. The van der Waals surface area contributed by atoms with E-state index in [1.54, 1.807) is 0 Å². The van der Waals surface area contributed by atoms with Crippen molar-refractivity contribution in [1.29, 1.82) is 0 Å². The van der Waals surface area contributed by atoms with Crippen LogP contribution in [-0.4, -0.2) is 139 Å². The second-order valence-electron chi connectivity index (χ2n) is 14.0. The van der Waals surface area contributed by atoms with Gasteiger partial charge in [-0.15, -0.1) is 0 Å². The quantitative estimate of drug-likeness (QED) is 0.0402. The molecule has 59 heavy (non-hydrogen) atoms. The van der Waals surface area contributed by atoms with Crippen LogP contribution >= 0.6 is 0 Å². The summed E-state index contributed by atoms with van der Waals surface area (Å²) in [4.78, 5) is 63.0. The summed E-state index contributed by atoms with van der Waals surface area (Å²) in [5.41, 5.74) is 16.8. The Kier molecular flexibility index (Phi) is 26.0. The van der Waals surface area contributed by atoms with Gasteiger partial charge in [-0.3, -0.25) is 28.9 Å². The molecule has 0 spiro atoms. The molecule has 9 N–H and O–H groups in total. The van der Waals surface area contributed by atoms with E-state index in [2.05, 4.69) is 26.6 Å². The molecule has 5 amide bonds. The number of nitrogens with zero attached hydrogens (tertiary/aromatic N) is 1. The topological polar surface area (TPSA) is 238 Å². The molecular weight excluding hydrogens is 761 g/mol. The highest BCUT2D eigenvalue weighted by atomic mass is 16.6. The van der Waals surface area contributed by atoms with E-state index >= 15 is 0 Å². The first-order valence-electron chi connectivity index (χ1n) is 20.6. The van der Waals surface area contributed by atoms with Crippen LogP contribution in [0.15, 0.2) is 36.4 Å². The molecule has 17 heteroatoms. The second-order valence-corrected chi connectivity index (χ2v) is 14.0. The van der Waals surface area contributed by atoms with Crippen LogP contribution in [-0.2, 0) is 42.9 Å². The molecule has 0 bridgehead atoms. The standard InChI is InChI=1S/C42H68N8O9/c1-5-45-17-18-50(6-2)30-41(54)49-37(42(44)55)9-7-8-16-46-38(51)14-19-56-21-23-58-25-26-59-24-22-57-20-15-39(52)47-29-40(53)48-36-13-11-34(28-32(36)4)33-10-12-35(43)31(3)27-33/h10-13,27-28,37,45H,5-9,14-26,29-30,43H2,1-4H3,(H2,44,55)(H,46,51)(H,47,52)(H,48,53)(H,49,54). The minimum atomic E-state index is -0.748. The predicted molar refractivity (Wildman–Crippen MR) is 229 cm³/mol. The van der Waals surface area contributed by atoms with Gasteiger partial charge in [-0.1, -0.05) is 26.0 Å². The van der Waals surface area contributed by atoms with Gasteiger partial charge in [-0.25, -0.2) is 0 Å². The average Bonchev–Trinajstić information content (AvgIpc) is 3.20. The van der Waals surface area contributed by atoms with Crippen LogP contribution in [0, 0.1) is 13.8 Å². The van der Waals surface area contributed by atoms with E-state index < -0.39 is 11.9 Å². The SMILES string of the molecule is CCNCCN(CC)CC(=O)NC(CCCCNC(=O)CCOCCOCCOCCOCCC(=O)NCC(=O)Nc1ccc(-c2ccc(N)c(C)c2)cc1C)C(N)=O. The van der Waals surface area contributed by atoms with Gasteiger partial charge < -0.3 is 57.0 Å². The number of hydrogen-bond acceptors (Lipinski definition) is 12. The molecule has 17 nitrogen and oxygen atoms in total. The first-order valence-corrected chi connectivity index (χ1v) is 20.6. The number of rotatable bonds is 33. The first kappa shape index (κ1) is 50.5. The molecule has 0 aromatic heterocycles. The third-order valence-electron chi connectivity index (χ3n) is 9.20. The Labute approximate surface area is 349 Å². The minimum absolute atomic E-state index is 0.115. The number of ether oxygens (including phenoxy) is 4. The van der Waals surface area contributed by atoms with Crippen LogP contribution in [0.4, 0.5) is 11.4 Å². The number of aryl methyl sites for hydroxylation is 2. The minimum Gasteiger partial charge on any atom is -0.399 e. The van der Waals surface area contributed by atoms with E-state index in [0.717, 1.165) is 54.1 Å². The summed E-state index contributed by atoms with van der Waals surface area (Å²) in [6, 6.07) is 10.9. The fourth-order valence-electron chi connectivity index (χ4n) is 5.67. The van der Waals surface area contributed by atoms with Crippen molar-refractivity contribution in [1.82, 2.24) is 26.2 Å². The number of carbonyl (C=O) groups is 5. The molecule has 1 atom stereocenters. The van der Waals surface area contributed by atoms with Crippen LogP contribution in [0.25, 0.3) is 11.1 Å². The van der Waals surface area contributed by atoms with Gasteiger partial charge in [0.2, 0.25) is 29.5 Å². The van der Waals surface area contributed by atoms with Gasteiger partial charge in [-0.2, -0.15) is 0 Å². The number of nitrogen functional groups attached to an aromatic ring is 1. The van der Waals surface area contributed by atoms with E-state index in [9.17, 15) is 24.0 Å². The molecule has 0 saturated carbocycles. The van der Waals surface area contributed by atoms with Gasteiger partial charge in [0, 0.05) is 43.9 Å². The number of unbranched alkanes of at least 4 members (excludes halogenated alkanes) is 1. The Bertz CT molecular complexity index is 1580. The molecule has 330 valence electrons. The number of likely N-dealkylation sites (N-methyl/N-ethyl adjacent to an activating group) is 2. The van der Waals surface area contributed by atoms with Crippen LogP contribution in [0.2, 0.25) is 0 Å². The van der Waals surface area contributed by atoms with Gasteiger partial charge in [0.25, 0.3) is 0 Å². The third kappa shape index (κ3) is 22.9. The lowest BCUT2D eigenvalue weighted by Crippen LogP contribution is -2.48. The van der Waals surface area contributed by atoms with Crippen LogP contribution in [0.1, 0.15) is 57.1 Å². The third-order valence-corrected chi connectivity index (χ3v) is 9.20. The number of nitrogens with one attached hydrogen (secondary N) is 5. The van der Waals surface area contributed by atoms with Gasteiger partial charge in [-0.05, 0) is 92.7 Å². The maximum Gasteiger partial charge on any atom is 0.243 e. The highest BCUT2D eigenvalue weighted by molar-refractivity contribution is 5.95. The summed E-state index contributed by atoms with van der Waals surface area (Å²) in [5.74, 6) is -1.56. The molecule has 0 aliphatic heterocycles. The number of carbonyl (C=O) groups excluding carboxylic acids is 5. The van der Waals surface area contributed by atoms with Crippen molar-refractivity contribution in [2.75, 3.05) is 110 Å². The molecule has 0 radical (unpaired) electrons. The van der Waals surface area contributed by atoms with Gasteiger partial charge in [0.1, 0.15) is 6.04 Å². The summed E-state index contributed by atoms with van der Waals surface area (Å²) in [7, 11) is 0. The summed E-state index contributed by atoms with van der Waals surface area (Å²) in [6.07, 6.45) is 1.98. The molecule has 0 fully saturated rings. The fraction of sp³-hybridized carbons (Fsp3) is 0.595. The maximum atomic E-state index is 12.4. The summed E-state index contributed by atoms with van der Waals surface area (Å²) >= 11 is 0. The lowest BCUT2D eigenvalue weighted by Gasteiger charge is -2.22. The number of hydrogen-bond donors (Lipinski definition) is 7. The molecule has 2 rings (SSSR count). The van der Waals surface area contributed by atoms with Crippen LogP contribution in [0.3, 0.4) is 0 Å². The van der Waals surface area contributed by atoms with Crippen molar-refractivity contribution in [3.63, 3.8) is 0 Å². The zero-order valence-electron chi connectivity index (χ0n) is 35.5. The molecule has 2 aromatic carbocycles. The predicted octanol–water partition coefficient (Wildman–Crippen LogP) is 1.64. The van der Waals surface area contributed by atoms with Crippen molar-refractivity contribution < 1.29 is 42.9 Å². The summed E-state index contributed by atoms with van der Waals surface area (Å²) in [6.45, 7) is 14.0. The smallest absolute Gasteiger partial charge is 0.243 e. The van der Waals surface area contributed by atoms with E-state index in [4.69, 9.17) is 30.4 Å². The number of nitrogens with two attached hydrogens (primary N) is 2. The molecular formula is C42H68N8O9. The number of primary amides is 1. The number of benzene rings is 2. The van der Waals surface area contributed by atoms with E-state index in [-0.39, 0.29) is 62.8 Å². The van der Waals surface area contributed by atoms with Crippen molar-refractivity contribution in [3.05, 3.63) is 47.5 Å². The number of amides is 5. The van der Waals surface area contributed by atoms with Gasteiger partial charge in [0.05, 0.1) is 65.9 Å². The van der Waals surface area contributed by atoms with Crippen LogP contribution < -0.4 is 38.1 Å². The monoisotopic (exact) mass is 829 g/mol. The van der Waals surface area contributed by atoms with Gasteiger partial charge >= 0.3 is 0 Å². The zero-order valence-corrected chi connectivity index (χ0v) is 35.5. The second kappa shape index (κ2) is 30.4. The molecule has 1 unspecified atom stereocenters. The summed E-state index contributed by atoms with van der Waals surface area (Å²) < 4.78 is 21.9. The molecule has 0 aliphatic rings. The van der Waals surface area contributed by atoms with E-state index in [0.29, 0.717) is 71.1 Å². The van der Waals surface area contributed by atoms with Crippen LogP contribution in [0.5, 0.6) is 0 Å². The highest BCUT2D eigenvalue weighted by Crippen LogP contribution is 2.27. The molecule has 0 aliphatic carbocycles. The lowest BCUT2D eigenvalue weighted by atomic mass is 10.00. The van der Waals surface area contributed by atoms with Gasteiger partial charge in [0.15, 0.2) is 0 Å². The fourth-order valence-corrected chi connectivity index (χ4v) is 5.67. The molecule has 0 heterocycles. The first-order chi connectivity index (χ1) is 28.4. The Balaban J connectivity index is 1.39. The molecule has 2 aromatic rings. The van der Waals surface area contributed by atoms with E-state index in [1.165, 1.54) is 0 Å². The van der Waals surface area contributed by atoms with Crippen molar-refractivity contribution in [3.8, 4) is 11.1 Å².